The molecule has 0 atom stereocenters. The van der Waals surface area contributed by atoms with Crippen molar-refractivity contribution in [3.63, 3.8) is 0 Å². The van der Waals surface area contributed by atoms with E-state index in [1.165, 1.54) is 12.3 Å². The molecule has 1 aromatic heterocycles. The molecule has 19 heavy (non-hydrogen) atoms. The molecule has 6 nitrogen and oxygen atoms in total. The van der Waals surface area contributed by atoms with Crippen LogP contribution in [0, 0.1) is 10.1 Å². The molecule has 0 aromatic carbocycles. The molecule has 0 aliphatic carbocycles. The van der Waals surface area contributed by atoms with Crippen LogP contribution >= 0.6 is 0 Å². The van der Waals surface area contributed by atoms with Gasteiger partial charge >= 0.3 is 7.12 Å². The van der Waals surface area contributed by atoms with Crippen molar-refractivity contribution in [2.45, 2.75) is 45.2 Å². The first kappa shape index (κ1) is 14.0. The van der Waals surface area contributed by atoms with Crippen LogP contribution in [0.2, 0.25) is 0 Å². The minimum Gasteiger partial charge on any atom is -0.403 e. The van der Waals surface area contributed by atoms with E-state index in [1.807, 2.05) is 27.7 Å². The first-order valence-electron chi connectivity index (χ1n) is 6.16. The fourth-order valence-electron chi connectivity index (χ4n) is 1.86. The number of hydrogen-bond donors (Lipinski definition) is 0. The van der Waals surface area contributed by atoms with Gasteiger partial charge in [-0.15, -0.1) is 0 Å². The van der Waals surface area contributed by atoms with Crippen LogP contribution in [0.15, 0.2) is 18.3 Å². The third-order valence-corrected chi connectivity index (χ3v) is 3.70. The Balaban J connectivity index is 2.05. The Kier molecular flexibility index (Phi) is 3.36. The summed E-state index contributed by atoms with van der Waals surface area (Å²) in [6.07, 6.45) is 1.73. The summed E-state index contributed by atoms with van der Waals surface area (Å²) in [6.45, 7) is 7.93. The maximum Gasteiger partial charge on any atom is 0.464 e. The van der Waals surface area contributed by atoms with Crippen LogP contribution in [0.3, 0.4) is 0 Å². The normalized spacial score (nSPS) is 20.5. The molecule has 1 fully saturated rings. The summed E-state index contributed by atoms with van der Waals surface area (Å²) in [4.78, 5) is 14.1. The molecular formula is C12H17BN2O4. The smallest absolute Gasteiger partial charge is 0.403 e. The van der Waals surface area contributed by atoms with Crippen molar-refractivity contribution in [2.24, 2.45) is 0 Å². The minimum atomic E-state index is -0.467. The summed E-state index contributed by atoms with van der Waals surface area (Å²) in [7, 11) is -0.376. The van der Waals surface area contributed by atoms with Crippen LogP contribution in [0.4, 0.5) is 5.69 Å². The van der Waals surface area contributed by atoms with Crippen LogP contribution in [0.5, 0.6) is 0 Å². The third-order valence-electron chi connectivity index (χ3n) is 3.70. The van der Waals surface area contributed by atoms with E-state index < -0.39 is 4.92 Å². The van der Waals surface area contributed by atoms with E-state index in [0.717, 1.165) is 0 Å². The molecule has 1 aliphatic rings. The van der Waals surface area contributed by atoms with E-state index in [9.17, 15) is 10.1 Å². The van der Waals surface area contributed by atoms with Gasteiger partial charge in [0.05, 0.1) is 16.1 Å². The van der Waals surface area contributed by atoms with Gasteiger partial charge in [-0.25, -0.2) is 0 Å². The van der Waals surface area contributed by atoms with Gasteiger partial charge in [-0.1, -0.05) is 0 Å². The molecule has 1 saturated heterocycles. The molecule has 0 bridgehead atoms. The van der Waals surface area contributed by atoms with Crippen LogP contribution < -0.4 is 0 Å². The van der Waals surface area contributed by atoms with Crippen molar-refractivity contribution in [1.29, 1.82) is 0 Å². The molecule has 0 amide bonds. The molecule has 1 aromatic rings. The molecule has 7 heteroatoms. The Hall–Kier alpha value is -1.47. The fraction of sp³-hybridized carbons (Fsp3) is 0.583. The van der Waals surface area contributed by atoms with Crippen LogP contribution in [-0.2, 0) is 15.6 Å². The highest BCUT2D eigenvalue weighted by atomic mass is 16.7. The first-order chi connectivity index (χ1) is 8.71. The summed E-state index contributed by atoms with van der Waals surface area (Å²) < 4.78 is 11.7. The number of rotatable bonds is 3. The standard InChI is InChI=1S/C12H17BN2O4/c1-11(2)12(3,4)19-13(18-11)7-9-5-6-10(8-14-9)15(16)17/h5-6,8H,7H2,1-4H3. The lowest BCUT2D eigenvalue weighted by Gasteiger charge is -2.32. The molecule has 0 saturated carbocycles. The Bertz CT molecular complexity index is 471. The van der Waals surface area contributed by atoms with E-state index in [4.69, 9.17) is 9.31 Å². The summed E-state index contributed by atoms with van der Waals surface area (Å²) in [6, 6.07) is 3.07. The van der Waals surface area contributed by atoms with E-state index in [2.05, 4.69) is 4.98 Å². The number of hydrogen-bond acceptors (Lipinski definition) is 5. The lowest BCUT2D eigenvalue weighted by molar-refractivity contribution is -0.385. The highest BCUT2D eigenvalue weighted by molar-refractivity contribution is 6.44. The Labute approximate surface area is 112 Å². The van der Waals surface area contributed by atoms with Gasteiger partial charge in [-0.2, -0.15) is 0 Å². The van der Waals surface area contributed by atoms with E-state index in [1.54, 1.807) is 6.07 Å². The van der Waals surface area contributed by atoms with E-state index >= 15 is 0 Å². The Morgan fingerprint density at radius 3 is 2.26 bits per heavy atom. The van der Waals surface area contributed by atoms with E-state index in [0.29, 0.717) is 12.0 Å². The minimum absolute atomic E-state index is 0.0160. The van der Waals surface area contributed by atoms with Crippen molar-refractivity contribution >= 4 is 12.8 Å². The second kappa shape index (κ2) is 4.57. The molecule has 0 radical (unpaired) electrons. The zero-order valence-electron chi connectivity index (χ0n) is 11.5. The molecule has 0 N–H and O–H groups in total. The molecular weight excluding hydrogens is 247 g/mol. The van der Waals surface area contributed by atoms with Gasteiger partial charge in [0, 0.05) is 18.1 Å². The molecule has 1 aliphatic heterocycles. The number of nitrogens with zero attached hydrogens (tertiary/aromatic N) is 2. The highest BCUT2D eigenvalue weighted by Gasteiger charge is 2.50. The maximum absolute atomic E-state index is 10.5. The number of aromatic nitrogens is 1. The SMILES string of the molecule is CC1(C)OB(Cc2ccc([N+](=O)[O-])cn2)OC1(C)C. The Morgan fingerprint density at radius 2 is 1.84 bits per heavy atom. The topological polar surface area (TPSA) is 74.5 Å². The average Bonchev–Trinajstić information content (AvgIpc) is 2.47. The number of pyridine rings is 1. The number of nitro groups is 1. The second-order valence-corrected chi connectivity index (χ2v) is 5.65. The lowest BCUT2D eigenvalue weighted by Crippen LogP contribution is -2.41. The van der Waals surface area contributed by atoms with Crippen molar-refractivity contribution < 1.29 is 14.2 Å². The van der Waals surface area contributed by atoms with Crippen molar-refractivity contribution in [3.05, 3.63) is 34.1 Å². The van der Waals surface area contributed by atoms with Gasteiger partial charge in [0.2, 0.25) is 0 Å². The van der Waals surface area contributed by atoms with Crippen LogP contribution in [0.1, 0.15) is 33.4 Å². The van der Waals surface area contributed by atoms with Crippen molar-refractivity contribution in [2.75, 3.05) is 0 Å². The first-order valence-corrected chi connectivity index (χ1v) is 6.16. The lowest BCUT2D eigenvalue weighted by atomic mass is 9.83. The zero-order chi connectivity index (χ0) is 14.3. The van der Waals surface area contributed by atoms with Gasteiger partial charge in [0.25, 0.3) is 5.69 Å². The monoisotopic (exact) mass is 264 g/mol. The van der Waals surface area contributed by atoms with Crippen molar-refractivity contribution in [3.8, 4) is 0 Å². The summed E-state index contributed by atoms with van der Waals surface area (Å²) in [5.41, 5.74) is -0.0570. The predicted octanol–water partition coefficient (Wildman–Crippen LogP) is 2.16. The molecule has 0 spiro atoms. The molecule has 0 unspecified atom stereocenters. The largest absolute Gasteiger partial charge is 0.464 e. The average molecular weight is 264 g/mol. The second-order valence-electron chi connectivity index (χ2n) is 5.65. The summed E-state index contributed by atoms with van der Waals surface area (Å²) in [5.74, 6) is 0. The van der Waals surface area contributed by atoms with Crippen molar-refractivity contribution in [1.82, 2.24) is 4.98 Å². The van der Waals surface area contributed by atoms with Gasteiger partial charge < -0.3 is 9.31 Å². The van der Waals surface area contributed by atoms with Gasteiger partial charge in [-0.05, 0) is 33.8 Å². The van der Waals surface area contributed by atoms with Gasteiger partial charge in [0.15, 0.2) is 0 Å². The quantitative estimate of drug-likeness (QED) is 0.475. The highest BCUT2D eigenvalue weighted by Crippen LogP contribution is 2.37. The Morgan fingerprint density at radius 1 is 1.26 bits per heavy atom. The molecule has 2 rings (SSSR count). The van der Waals surface area contributed by atoms with E-state index in [-0.39, 0.29) is 24.0 Å². The molecule has 2 heterocycles. The predicted molar refractivity (Wildman–Crippen MR) is 70.7 cm³/mol. The van der Waals surface area contributed by atoms with Gasteiger partial charge in [0.1, 0.15) is 6.20 Å². The summed E-state index contributed by atoms with van der Waals surface area (Å²) >= 11 is 0. The van der Waals surface area contributed by atoms with Crippen LogP contribution in [-0.4, -0.2) is 28.2 Å². The molecule has 102 valence electrons. The maximum atomic E-state index is 10.5. The fourth-order valence-corrected chi connectivity index (χ4v) is 1.86. The van der Waals surface area contributed by atoms with Crippen LogP contribution in [0.25, 0.3) is 0 Å². The van der Waals surface area contributed by atoms with Gasteiger partial charge in [-0.3, -0.25) is 15.1 Å². The zero-order valence-corrected chi connectivity index (χ0v) is 11.5. The summed E-state index contributed by atoms with van der Waals surface area (Å²) in [5, 5.41) is 10.5. The third kappa shape index (κ3) is 2.77.